The minimum atomic E-state index is 0.00420. The Kier molecular flexibility index (Phi) is 5.93. The number of hydrogen-bond acceptors (Lipinski definition) is 4. The van der Waals surface area contributed by atoms with Gasteiger partial charge in [0.15, 0.2) is 0 Å². The zero-order valence-electron chi connectivity index (χ0n) is 15.9. The second-order valence-corrected chi connectivity index (χ2v) is 6.96. The molecule has 0 radical (unpaired) electrons. The van der Waals surface area contributed by atoms with E-state index in [1.165, 1.54) is 5.56 Å². The van der Waals surface area contributed by atoms with Crippen molar-refractivity contribution >= 4 is 6.03 Å². The van der Waals surface area contributed by atoms with Crippen molar-refractivity contribution in [3.8, 4) is 0 Å². The predicted octanol–water partition coefficient (Wildman–Crippen LogP) is 3.13. The molecule has 1 fully saturated rings. The topological polar surface area (TPSA) is 61.6 Å². The Morgan fingerprint density at radius 3 is 2.50 bits per heavy atom. The number of nitrogens with zero attached hydrogens (tertiary/aromatic N) is 3. The van der Waals surface area contributed by atoms with Gasteiger partial charge in [-0.05, 0) is 31.4 Å². The number of amides is 2. The van der Waals surface area contributed by atoms with Crippen LogP contribution < -0.4 is 5.32 Å². The van der Waals surface area contributed by atoms with Crippen LogP contribution in [0.15, 0.2) is 34.9 Å². The standard InChI is InChI=1S/C20H28N4O2/c1-4-17-5-7-18(8-6-17)16(3)21-20(25)24-11-9-23(10-12-24)14-19-13-15(2)26-22-19/h5-8,13,16H,4,9-12,14H2,1-3H3,(H,21,25). The molecule has 1 N–H and O–H groups in total. The number of piperazine rings is 1. The van der Waals surface area contributed by atoms with Crippen molar-refractivity contribution in [3.63, 3.8) is 0 Å². The normalized spacial score (nSPS) is 16.5. The molecule has 2 heterocycles. The van der Waals surface area contributed by atoms with E-state index >= 15 is 0 Å². The van der Waals surface area contributed by atoms with E-state index in [2.05, 4.69) is 46.6 Å². The summed E-state index contributed by atoms with van der Waals surface area (Å²) in [5.41, 5.74) is 3.39. The van der Waals surface area contributed by atoms with Gasteiger partial charge < -0.3 is 14.7 Å². The Morgan fingerprint density at radius 2 is 1.92 bits per heavy atom. The lowest BCUT2D eigenvalue weighted by atomic mass is 10.1. The molecule has 0 spiro atoms. The second kappa shape index (κ2) is 8.36. The molecule has 2 aromatic rings. The molecule has 1 aromatic carbocycles. The fourth-order valence-corrected chi connectivity index (χ4v) is 3.23. The number of aryl methyl sites for hydroxylation is 2. The fourth-order valence-electron chi connectivity index (χ4n) is 3.23. The smallest absolute Gasteiger partial charge is 0.317 e. The largest absolute Gasteiger partial charge is 0.361 e. The Labute approximate surface area is 155 Å². The number of rotatable bonds is 5. The van der Waals surface area contributed by atoms with Gasteiger partial charge in [-0.15, -0.1) is 0 Å². The average molecular weight is 356 g/mol. The highest BCUT2D eigenvalue weighted by Gasteiger charge is 2.23. The van der Waals surface area contributed by atoms with Gasteiger partial charge >= 0.3 is 6.03 Å². The van der Waals surface area contributed by atoms with Gasteiger partial charge in [0.25, 0.3) is 0 Å². The molecule has 26 heavy (non-hydrogen) atoms. The number of carbonyl (C=O) groups is 1. The maximum absolute atomic E-state index is 12.5. The maximum atomic E-state index is 12.5. The van der Waals surface area contributed by atoms with Crippen LogP contribution in [-0.4, -0.2) is 47.2 Å². The average Bonchev–Trinajstić information content (AvgIpc) is 3.07. The molecule has 3 rings (SSSR count). The summed E-state index contributed by atoms with van der Waals surface area (Å²) in [6, 6.07) is 10.4. The summed E-state index contributed by atoms with van der Waals surface area (Å²) in [6.07, 6.45) is 1.03. The van der Waals surface area contributed by atoms with Crippen LogP contribution >= 0.6 is 0 Å². The summed E-state index contributed by atoms with van der Waals surface area (Å²) in [5.74, 6) is 0.832. The van der Waals surface area contributed by atoms with Crippen LogP contribution in [-0.2, 0) is 13.0 Å². The summed E-state index contributed by atoms with van der Waals surface area (Å²) < 4.78 is 5.11. The lowest BCUT2D eigenvalue weighted by Crippen LogP contribution is -2.51. The fraction of sp³-hybridized carbons (Fsp3) is 0.500. The van der Waals surface area contributed by atoms with Crippen molar-refractivity contribution in [2.75, 3.05) is 26.2 Å². The minimum Gasteiger partial charge on any atom is -0.361 e. The van der Waals surface area contributed by atoms with E-state index in [4.69, 9.17) is 4.52 Å². The number of carbonyl (C=O) groups excluding carboxylic acids is 1. The van der Waals surface area contributed by atoms with Gasteiger partial charge in [0.2, 0.25) is 0 Å². The minimum absolute atomic E-state index is 0.00420. The molecule has 1 aliphatic rings. The van der Waals surface area contributed by atoms with Crippen LogP contribution in [0.3, 0.4) is 0 Å². The van der Waals surface area contributed by atoms with E-state index in [1.54, 1.807) is 0 Å². The quantitative estimate of drug-likeness (QED) is 0.894. The van der Waals surface area contributed by atoms with Crippen LogP contribution in [0.25, 0.3) is 0 Å². The van der Waals surface area contributed by atoms with Gasteiger partial charge in [0.1, 0.15) is 5.76 Å². The van der Waals surface area contributed by atoms with Crippen LogP contribution in [0.2, 0.25) is 0 Å². The molecule has 1 aromatic heterocycles. The molecule has 1 atom stereocenters. The van der Waals surface area contributed by atoms with E-state index in [0.717, 1.165) is 56.2 Å². The van der Waals surface area contributed by atoms with Crippen molar-refractivity contribution in [1.29, 1.82) is 0 Å². The Balaban J connectivity index is 1.46. The Hall–Kier alpha value is -2.34. The van der Waals surface area contributed by atoms with Crippen LogP contribution in [0, 0.1) is 6.92 Å². The summed E-state index contributed by atoms with van der Waals surface area (Å²) >= 11 is 0. The second-order valence-electron chi connectivity index (χ2n) is 6.96. The summed E-state index contributed by atoms with van der Waals surface area (Å²) in [6.45, 7) is 9.99. The molecule has 0 bridgehead atoms. The molecular weight excluding hydrogens is 328 g/mol. The maximum Gasteiger partial charge on any atom is 0.317 e. The van der Waals surface area contributed by atoms with Crippen molar-refractivity contribution in [2.45, 2.75) is 39.8 Å². The van der Waals surface area contributed by atoms with Crippen molar-refractivity contribution < 1.29 is 9.32 Å². The van der Waals surface area contributed by atoms with Crippen molar-refractivity contribution in [1.82, 2.24) is 20.3 Å². The third-order valence-corrected chi connectivity index (χ3v) is 4.95. The Morgan fingerprint density at radius 1 is 1.23 bits per heavy atom. The number of hydrogen-bond donors (Lipinski definition) is 1. The molecule has 0 saturated carbocycles. The molecule has 1 unspecified atom stereocenters. The first-order valence-electron chi connectivity index (χ1n) is 9.34. The lowest BCUT2D eigenvalue weighted by molar-refractivity contribution is 0.132. The summed E-state index contributed by atoms with van der Waals surface area (Å²) in [7, 11) is 0. The van der Waals surface area contributed by atoms with Crippen LogP contribution in [0.4, 0.5) is 4.79 Å². The summed E-state index contributed by atoms with van der Waals surface area (Å²) in [4.78, 5) is 16.7. The SMILES string of the molecule is CCc1ccc(C(C)NC(=O)N2CCN(Cc3cc(C)on3)CC2)cc1. The molecule has 1 aliphatic heterocycles. The highest BCUT2D eigenvalue weighted by Crippen LogP contribution is 2.15. The van der Waals surface area contributed by atoms with Gasteiger partial charge in [-0.3, -0.25) is 4.90 Å². The van der Waals surface area contributed by atoms with Gasteiger partial charge in [-0.2, -0.15) is 0 Å². The highest BCUT2D eigenvalue weighted by molar-refractivity contribution is 5.74. The van der Waals surface area contributed by atoms with Gasteiger partial charge in [0, 0.05) is 38.8 Å². The molecule has 6 heteroatoms. The van der Waals surface area contributed by atoms with Crippen LogP contribution in [0.1, 0.15) is 42.5 Å². The first-order chi connectivity index (χ1) is 12.5. The molecule has 140 valence electrons. The van der Waals surface area contributed by atoms with E-state index in [1.807, 2.05) is 24.8 Å². The molecule has 2 amide bonds. The third-order valence-electron chi connectivity index (χ3n) is 4.95. The first-order valence-corrected chi connectivity index (χ1v) is 9.34. The first kappa shape index (κ1) is 18.5. The van der Waals surface area contributed by atoms with Crippen molar-refractivity contribution in [3.05, 3.63) is 52.9 Å². The van der Waals surface area contributed by atoms with E-state index in [0.29, 0.717) is 0 Å². The third kappa shape index (κ3) is 4.64. The van der Waals surface area contributed by atoms with E-state index in [9.17, 15) is 4.79 Å². The number of aromatic nitrogens is 1. The van der Waals surface area contributed by atoms with E-state index < -0.39 is 0 Å². The molecule has 1 saturated heterocycles. The number of benzene rings is 1. The van der Waals surface area contributed by atoms with Gasteiger partial charge in [-0.1, -0.05) is 36.3 Å². The predicted molar refractivity (Wildman–Crippen MR) is 101 cm³/mol. The highest BCUT2D eigenvalue weighted by atomic mass is 16.5. The van der Waals surface area contributed by atoms with E-state index in [-0.39, 0.29) is 12.1 Å². The zero-order chi connectivity index (χ0) is 18.5. The lowest BCUT2D eigenvalue weighted by Gasteiger charge is -2.34. The molecular formula is C20H28N4O2. The van der Waals surface area contributed by atoms with Crippen molar-refractivity contribution in [2.24, 2.45) is 0 Å². The molecule has 6 nitrogen and oxygen atoms in total. The summed E-state index contributed by atoms with van der Waals surface area (Å²) in [5, 5.41) is 7.15. The number of urea groups is 1. The van der Waals surface area contributed by atoms with Gasteiger partial charge in [0.05, 0.1) is 11.7 Å². The zero-order valence-corrected chi connectivity index (χ0v) is 15.9. The monoisotopic (exact) mass is 356 g/mol. The molecule has 0 aliphatic carbocycles. The van der Waals surface area contributed by atoms with Gasteiger partial charge in [-0.25, -0.2) is 4.79 Å². The Bertz CT molecular complexity index is 718. The number of nitrogens with one attached hydrogen (secondary N) is 1. The van der Waals surface area contributed by atoms with Crippen LogP contribution in [0.5, 0.6) is 0 Å².